The third-order valence-corrected chi connectivity index (χ3v) is 8.57. The van der Waals surface area contributed by atoms with Crippen LogP contribution in [-0.4, -0.2) is 83.7 Å². The Kier molecular flexibility index (Phi) is 10.1. The number of hydrogen-bond donors (Lipinski definition) is 1. The summed E-state index contributed by atoms with van der Waals surface area (Å²) in [6, 6.07) is 0. The summed E-state index contributed by atoms with van der Waals surface area (Å²) in [5.74, 6) is -6.59. The van der Waals surface area contributed by atoms with Crippen LogP contribution in [-0.2, 0) is 57.2 Å². The van der Waals surface area contributed by atoms with Gasteiger partial charge in [0.15, 0.2) is 11.7 Å². The second-order valence-electron chi connectivity index (χ2n) is 11.6. The van der Waals surface area contributed by atoms with Crippen molar-refractivity contribution in [1.82, 2.24) is 0 Å². The molecule has 13 heteroatoms. The van der Waals surface area contributed by atoms with Crippen LogP contribution in [0.15, 0.2) is 23.3 Å². The van der Waals surface area contributed by atoms with E-state index in [9.17, 15) is 33.9 Å². The highest BCUT2D eigenvalue weighted by Crippen LogP contribution is 2.55. The second-order valence-corrected chi connectivity index (χ2v) is 11.6. The minimum atomic E-state index is -2.23. The molecule has 3 rings (SSSR count). The molecule has 9 atom stereocenters. The fourth-order valence-electron chi connectivity index (χ4n) is 6.58. The third kappa shape index (κ3) is 6.76. The Bertz CT molecular complexity index is 1230. The zero-order valence-electron chi connectivity index (χ0n) is 25.7. The van der Waals surface area contributed by atoms with Gasteiger partial charge in [-0.25, -0.2) is 0 Å². The summed E-state index contributed by atoms with van der Waals surface area (Å²) in [5, 5.41) is 12.5. The Morgan fingerprint density at radius 3 is 2.00 bits per heavy atom. The second kappa shape index (κ2) is 12.9. The van der Waals surface area contributed by atoms with Gasteiger partial charge in [0.1, 0.15) is 31.0 Å². The first-order valence-corrected chi connectivity index (χ1v) is 14.0. The summed E-state index contributed by atoms with van der Waals surface area (Å²) in [4.78, 5) is 74.8. The molecule has 13 nitrogen and oxygen atoms in total. The van der Waals surface area contributed by atoms with Crippen LogP contribution in [0.4, 0.5) is 0 Å². The molecule has 0 spiro atoms. The number of carbonyl (C=O) groups excluding carboxylic acids is 6. The van der Waals surface area contributed by atoms with Gasteiger partial charge in [-0.15, -0.1) is 0 Å². The average molecular weight is 609 g/mol. The number of esters is 6. The first-order valence-electron chi connectivity index (χ1n) is 14.0. The molecule has 0 unspecified atom stereocenters. The number of fused-ring (bicyclic) bond motifs is 2. The molecule has 1 aliphatic heterocycles. The molecule has 1 heterocycles. The van der Waals surface area contributed by atoms with E-state index in [0.29, 0.717) is 5.57 Å². The van der Waals surface area contributed by atoms with Crippen molar-refractivity contribution in [2.24, 2.45) is 17.3 Å². The smallest absolute Gasteiger partial charge is 0.312 e. The van der Waals surface area contributed by atoms with Crippen LogP contribution in [0.5, 0.6) is 0 Å². The van der Waals surface area contributed by atoms with Crippen molar-refractivity contribution in [2.75, 3.05) is 6.61 Å². The van der Waals surface area contributed by atoms with Crippen molar-refractivity contribution in [3.63, 3.8) is 0 Å². The van der Waals surface area contributed by atoms with Crippen LogP contribution in [0.1, 0.15) is 68.2 Å². The van der Waals surface area contributed by atoms with Gasteiger partial charge in [0.25, 0.3) is 0 Å². The molecule has 0 aromatic heterocycles. The van der Waals surface area contributed by atoms with E-state index in [1.165, 1.54) is 33.8 Å². The van der Waals surface area contributed by atoms with Gasteiger partial charge in [0.05, 0.1) is 11.3 Å². The predicted molar refractivity (Wildman–Crippen MR) is 146 cm³/mol. The lowest BCUT2D eigenvalue weighted by molar-refractivity contribution is -0.218. The van der Waals surface area contributed by atoms with Crippen LogP contribution in [0, 0.1) is 17.3 Å². The molecule has 0 aromatic rings. The van der Waals surface area contributed by atoms with Crippen molar-refractivity contribution in [2.45, 2.75) is 104 Å². The van der Waals surface area contributed by atoms with Crippen LogP contribution >= 0.6 is 0 Å². The van der Waals surface area contributed by atoms with Crippen molar-refractivity contribution in [3.8, 4) is 0 Å². The van der Waals surface area contributed by atoms with Crippen LogP contribution < -0.4 is 0 Å². The van der Waals surface area contributed by atoms with Crippen LogP contribution in [0.3, 0.4) is 0 Å². The standard InChI is InChI=1S/C30H40O13/c1-14-9-10-23(40-18(5)33)29(8)24(41-19(6)34)12-22(39-17(4)32)21(13-38-16(3)31)11-25-30(37,15(2)28(36)43-25)27(26(14)29)42-20(7)35/h9,11,15,22-27,37H,10,12-13H2,1-8H3/b21-11-/t15-,22+,23-,24+,25-,26+,27+,29+,30-/m0/s1. The van der Waals surface area contributed by atoms with E-state index in [1.54, 1.807) is 19.9 Å². The fourth-order valence-corrected chi connectivity index (χ4v) is 6.58. The van der Waals surface area contributed by atoms with Gasteiger partial charge >= 0.3 is 35.8 Å². The highest BCUT2D eigenvalue weighted by molar-refractivity contribution is 5.78. The summed E-state index contributed by atoms with van der Waals surface area (Å²) in [5.41, 5.74) is -2.96. The van der Waals surface area contributed by atoms with Gasteiger partial charge in [-0.3, -0.25) is 28.8 Å². The topological polar surface area (TPSA) is 178 Å². The number of aliphatic hydroxyl groups is 1. The highest BCUT2D eigenvalue weighted by Gasteiger charge is 2.67. The average Bonchev–Trinajstić information content (AvgIpc) is 3.09. The van der Waals surface area contributed by atoms with Crippen molar-refractivity contribution in [1.29, 1.82) is 0 Å². The SMILES string of the molecule is CC(=O)OC/C1=C/[C@@H]2OC(=O)[C@H](C)[C@@]2(O)[C@H](OC(C)=O)[C@H]2C(C)=CC[C@H](OC(C)=O)[C@]2(C)[C@H](OC(C)=O)C[C@H]1OC(C)=O. The summed E-state index contributed by atoms with van der Waals surface area (Å²) in [6.45, 7) is 10.2. The first-order chi connectivity index (χ1) is 19.9. The van der Waals surface area contributed by atoms with E-state index in [2.05, 4.69) is 0 Å². The highest BCUT2D eigenvalue weighted by atomic mass is 16.6. The van der Waals surface area contributed by atoms with E-state index in [4.69, 9.17) is 28.4 Å². The number of rotatable bonds is 6. The van der Waals surface area contributed by atoms with E-state index in [-0.39, 0.29) is 18.4 Å². The maximum atomic E-state index is 13.1. The lowest BCUT2D eigenvalue weighted by Gasteiger charge is -2.55. The number of ether oxygens (including phenoxy) is 6. The molecule has 1 saturated heterocycles. The number of hydrogen-bond acceptors (Lipinski definition) is 13. The van der Waals surface area contributed by atoms with Gasteiger partial charge in [-0.2, -0.15) is 0 Å². The Morgan fingerprint density at radius 2 is 1.47 bits per heavy atom. The zero-order chi connectivity index (χ0) is 32.4. The molecule has 0 saturated carbocycles. The first kappa shape index (κ1) is 33.8. The Hall–Kier alpha value is -3.74. The van der Waals surface area contributed by atoms with Gasteiger partial charge in [-0.1, -0.05) is 18.6 Å². The Balaban J connectivity index is 2.46. The van der Waals surface area contributed by atoms with E-state index in [0.717, 1.165) is 13.8 Å². The Morgan fingerprint density at radius 1 is 0.907 bits per heavy atom. The normalized spacial score (nSPS) is 36.7. The van der Waals surface area contributed by atoms with Crippen molar-refractivity contribution < 1.29 is 62.3 Å². The van der Waals surface area contributed by atoms with Gasteiger partial charge in [-0.05, 0) is 19.9 Å². The molecule has 3 aliphatic rings. The molecule has 43 heavy (non-hydrogen) atoms. The molecule has 1 fully saturated rings. The molecule has 0 radical (unpaired) electrons. The summed E-state index contributed by atoms with van der Waals surface area (Å²) in [6.07, 6.45) is -3.32. The molecule has 238 valence electrons. The van der Waals surface area contributed by atoms with E-state index >= 15 is 0 Å². The van der Waals surface area contributed by atoms with E-state index < -0.39 is 95.8 Å². The van der Waals surface area contributed by atoms with Crippen LogP contribution in [0.25, 0.3) is 0 Å². The maximum absolute atomic E-state index is 13.1. The molecule has 0 bridgehead atoms. The van der Waals surface area contributed by atoms with Crippen LogP contribution in [0.2, 0.25) is 0 Å². The molecule has 1 N–H and O–H groups in total. The lowest BCUT2D eigenvalue weighted by atomic mass is 9.56. The zero-order valence-corrected chi connectivity index (χ0v) is 25.7. The fraction of sp³-hybridized carbons (Fsp3) is 0.667. The van der Waals surface area contributed by atoms with Gasteiger partial charge in [0, 0.05) is 59.0 Å². The molecule has 0 amide bonds. The van der Waals surface area contributed by atoms with Crippen molar-refractivity contribution >= 4 is 35.8 Å². The minimum absolute atomic E-state index is 0.114. The van der Waals surface area contributed by atoms with Crippen molar-refractivity contribution in [3.05, 3.63) is 23.3 Å². The summed E-state index contributed by atoms with van der Waals surface area (Å²) < 4.78 is 34.0. The Labute approximate surface area is 249 Å². The van der Waals surface area contributed by atoms with Gasteiger partial charge in [0.2, 0.25) is 0 Å². The third-order valence-electron chi connectivity index (χ3n) is 8.57. The van der Waals surface area contributed by atoms with Gasteiger partial charge < -0.3 is 33.5 Å². The lowest BCUT2D eigenvalue weighted by Crippen LogP contribution is -2.65. The van der Waals surface area contributed by atoms with E-state index in [1.807, 2.05) is 0 Å². The largest absolute Gasteiger partial charge is 0.462 e. The minimum Gasteiger partial charge on any atom is -0.462 e. The monoisotopic (exact) mass is 608 g/mol. The molecular formula is C30H40O13. The number of carbonyl (C=O) groups is 6. The summed E-state index contributed by atoms with van der Waals surface area (Å²) >= 11 is 0. The quantitative estimate of drug-likeness (QED) is 0.263. The summed E-state index contributed by atoms with van der Waals surface area (Å²) in [7, 11) is 0. The molecule has 0 aromatic carbocycles. The molecule has 2 aliphatic carbocycles. The maximum Gasteiger partial charge on any atom is 0.312 e. The predicted octanol–water partition coefficient (Wildman–Crippen LogP) is 1.87. The molecular weight excluding hydrogens is 568 g/mol.